The molecule has 2 aliphatic rings. The Morgan fingerprint density at radius 1 is 1.03 bits per heavy atom. The number of rotatable bonds is 2. The number of carbonyl (C=O) groups excluding carboxylic acids is 1. The average Bonchev–Trinajstić information content (AvgIpc) is 3.54. The van der Waals surface area contributed by atoms with E-state index in [1.807, 2.05) is 0 Å². The summed E-state index contributed by atoms with van der Waals surface area (Å²) in [6.07, 6.45) is -8.45. The topological polar surface area (TPSA) is 120 Å². The molecule has 37 heavy (non-hydrogen) atoms. The van der Waals surface area contributed by atoms with Crippen molar-refractivity contribution in [2.24, 2.45) is 0 Å². The highest BCUT2D eigenvalue weighted by molar-refractivity contribution is 6.30. The molecule has 5 atom stereocenters. The molecule has 1 fully saturated rings. The summed E-state index contributed by atoms with van der Waals surface area (Å²) in [5.41, 5.74) is 2.60. The number of halogens is 3. The largest absolute Gasteiger partial charge is 0.394 e. The first-order chi connectivity index (χ1) is 17.8. The highest BCUT2D eigenvalue weighted by atomic mass is 19.1. The van der Waals surface area contributed by atoms with Crippen LogP contribution in [0.4, 0.5) is 13.2 Å². The lowest BCUT2D eigenvalue weighted by Crippen LogP contribution is -2.54. The number of hydrogen-bond donors (Lipinski definition) is 5. The number of benzene rings is 3. The van der Waals surface area contributed by atoms with Crippen LogP contribution in [0.5, 0.6) is 0 Å². The molecule has 1 amide bonds. The number of hydrogen-bond acceptors (Lipinski definition) is 5. The summed E-state index contributed by atoms with van der Waals surface area (Å²) in [5, 5.41) is 35.7. The molecule has 5 N–H and O–H groups in total. The molecule has 0 saturated carbocycles. The van der Waals surface area contributed by atoms with Crippen LogP contribution in [0.15, 0.2) is 36.4 Å². The summed E-state index contributed by atoms with van der Waals surface area (Å²) in [6.45, 7) is -0.622. The van der Waals surface area contributed by atoms with Crippen molar-refractivity contribution in [3.05, 3.63) is 59.2 Å². The Hall–Kier alpha value is -3.64. The van der Waals surface area contributed by atoms with Crippen molar-refractivity contribution in [2.75, 3.05) is 6.61 Å². The van der Waals surface area contributed by atoms with Crippen molar-refractivity contribution < 1.29 is 38.0 Å². The third-order valence-corrected chi connectivity index (χ3v) is 7.54. The Labute approximate surface area is 205 Å². The van der Waals surface area contributed by atoms with E-state index in [1.165, 1.54) is 41.0 Å². The second-order valence-corrected chi connectivity index (χ2v) is 9.53. The summed E-state index contributed by atoms with van der Waals surface area (Å²) in [4.78, 5) is 16.2. The van der Waals surface area contributed by atoms with Gasteiger partial charge in [-0.15, -0.1) is 0 Å². The number of ether oxygens (including phenoxy) is 1. The average molecular weight is 511 g/mol. The van der Waals surface area contributed by atoms with Crippen molar-refractivity contribution in [3.63, 3.8) is 0 Å². The summed E-state index contributed by atoms with van der Waals surface area (Å²) in [6, 6.07) is 8.09. The third-order valence-electron chi connectivity index (χ3n) is 7.54. The number of nitrogens with one attached hydrogen (secondary N) is 2. The molecule has 5 aromatic rings. The van der Waals surface area contributed by atoms with E-state index in [0.29, 0.717) is 54.7 Å². The normalized spacial score (nSPS) is 26.0. The van der Waals surface area contributed by atoms with Crippen LogP contribution in [0, 0.1) is 11.6 Å². The summed E-state index contributed by atoms with van der Waals surface area (Å²) in [5.74, 6) is -1.41. The lowest BCUT2D eigenvalue weighted by Gasteiger charge is -2.40. The van der Waals surface area contributed by atoms with E-state index < -0.39 is 49.0 Å². The molecule has 4 heterocycles. The second kappa shape index (κ2) is 7.68. The summed E-state index contributed by atoms with van der Waals surface area (Å²) < 4.78 is 50.7. The number of aromatic nitrogens is 2. The molecule has 11 heteroatoms. The molecule has 0 bridgehead atoms. The van der Waals surface area contributed by atoms with Crippen molar-refractivity contribution in [1.29, 1.82) is 0 Å². The van der Waals surface area contributed by atoms with E-state index in [4.69, 9.17) is 4.74 Å². The van der Waals surface area contributed by atoms with Crippen molar-refractivity contribution in [3.8, 4) is 0 Å². The highest BCUT2D eigenvalue weighted by Crippen LogP contribution is 2.46. The quantitative estimate of drug-likeness (QED) is 0.250. The lowest BCUT2D eigenvalue weighted by atomic mass is 9.96. The van der Waals surface area contributed by atoms with E-state index in [2.05, 4.69) is 10.3 Å². The minimum atomic E-state index is -2.04. The van der Waals surface area contributed by atoms with Gasteiger partial charge in [0.1, 0.15) is 29.9 Å². The van der Waals surface area contributed by atoms with Gasteiger partial charge in [-0.25, -0.2) is 13.2 Å². The van der Waals surface area contributed by atoms with Crippen LogP contribution in [-0.4, -0.2) is 61.9 Å². The number of aromatic amines is 1. The molecule has 0 spiro atoms. The van der Waals surface area contributed by atoms with E-state index in [0.717, 1.165) is 0 Å². The first-order valence-electron chi connectivity index (χ1n) is 11.7. The molecular formula is C26H20F3N3O5. The second-order valence-electron chi connectivity index (χ2n) is 9.53. The third kappa shape index (κ3) is 2.90. The maximum atomic E-state index is 14.6. The van der Waals surface area contributed by atoms with Gasteiger partial charge in [-0.05, 0) is 42.0 Å². The monoisotopic (exact) mass is 511 g/mol. The maximum absolute atomic E-state index is 14.6. The fraction of sp³-hybridized carbons (Fsp3) is 0.269. The smallest absolute Gasteiger partial charge is 0.252 e. The van der Waals surface area contributed by atoms with Gasteiger partial charge in [-0.1, -0.05) is 0 Å². The molecular weight excluding hydrogens is 491 g/mol. The first-order valence-corrected chi connectivity index (χ1v) is 11.7. The predicted molar refractivity (Wildman–Crippen MR) is 128 cm³/mol. The van der Waals surface area contributed by atoms with Crippen LogP contribution in [0.25, 0.3) is 43.6 Å². The number of aliphatic hydroxyl groups excluding tert-OH is 3. The van der Waals surface area contributed by atoms with Crippen LogP contribution in [-0.2, 0) is 11.3 Å². The van der Waals surface area contributed by atoms with E-state index in [-0.39, 0.29) is 12.5 Å². The van der Waals surface area contributed by atoms with E-state index in [9.17, 15) is 33.3 Å². The fourth-order valence-electron chi connectivity index (χ4n) is 5.93. The SMILES string of the molecule is O=C1NCc2c1c1c3cc(F)ccc3[nH]c1c1c2c2cc(F)ccc2n1C1O[C@H](CO)[C@@H](F)[C@H](O)[C@H]1O. The summed E-state index contributed by atoms with van der Waals surface area (Å²) >= 11 is 0. The maximum Gasteiger partial charge on any atom is 0.252 e. The zero-order chi connectivity index (χ0) is 25.7. The minimum Gasteiger partial charge on any atom is -0.394 e. The number of fused-ring (bicyclic) bond motifs is 10. The molecule has 2 aromatic heterocycles. The molecule has 190 valence electrons. The van der Waals surface area contributed by atoms with Crippen LogP contribution in [0.3, 0.4) is 0 Å². The van der Waals surface area contributed by atoms with E-state index in [1.54, 1.807) is 0 Å². The van der Waals surface area contributed by atoms with Crippen molar-refractivity contribution >= 4 is 49.5 Å². The van der Waals surface area contributed by atoms with Crippen LogP contribution < -0.4 is 5.32 Å². The molecule has 1 saturated heterocycles. The Bertz CT molecular complexity index is 1780. The van der Waals surface area contributed by atoms with Crippen LogP contribution in [0.1, 0.15) is 22.1 Å². The Kier molecular flexibility index (Phi) is 4.68. The summed E-state index contributed by atoms with van der Waals surface area (Å²) in [7, 11) is 0. The van der Waals surface area contributed by atoms with Crippen LogP contribution >= 0.6 is 0 Å². The van der Waals surface area contributed by atoms with Gasteiger partial charge in [0.2, 0.25) is 0 Å². The lowest BCUT2D eigenvalue weighted by molar-refractivity contribution is -0.233. The van der Waals surface area contributed by atoms with Crippen molar-refractivity contribution in [2.45, 2.75) is 37.3 Å². The Morgan fingerprint density at radius 3 is 2.51 bits per heavy atom. The number of carbonyl (C=O) groups is 1. The number of aliphatic hydroxyl groups is 3. The van der Waals surface area contributed by atoms with Gasteiger partial charge >= 0.3 is 0 Å². The first kappa shape index (κ1) is 22.5. The Balaban J connectivity index is 1.69. The minimum absolute atomic E-state index is 0.126. The highest BCUT2D eigenvalue weighted by Gasteiger charge is 2.46. The van der Waals surface area contributed by atoms with Gasteiger partial charge in [-0.2, -0.15) is 0 Å². The fourth-order valence-corrected chi connectivity index (χ4v) is 5.93. The van der Waals surface area contributed by atoms with Gasteiger partial charge in [0, 0.05) is 33.6 Å². The molecule has 0 aliphatic carbocycles. The van der Waals surface area contributed by atoms with Gasteiger partial charge in [0.15, 0.2) is 12.4 Å². The zero-order valence-corrected chi connectivity index (χ0v) is 19.0. The van der Waals surface area contributed by atoms with Crippen molar-refractivity contribution in [1.82, 2.24) is 14.9 Å². The van der Waals surface area contributed by atoms with Gasteiger partial charge < -0.3 is 34.9 Å². The molecule has 7 rings (SSSR count). The predicted octanol–water partition coefficient (Wildman–Crippen LogP) is 2.90. The zero-order valence-electron chi connectivity index (χ0n) is 19.0. The van der Waals surface area contributed by atoms with Gasteiger partial charge in [0.25, 0.3) is 5.91 Å². The molecule has 1 unspecified atom stereocenters. The van der Waals surface area contributed by atoms with Crippen LogP contribution in [0.2, 0.25) is 0 Å². The van der Waals surface area contributed by atoms with E-state index >= 15 is 0 Å². The van der Waals surface area contributed by atoms with Gasteiger partial charge in [-0.3, -0.25) is 4.79 Å². The molecule has 0 radical (unpaired) electrons. The number of nitrogens with zero attached hydrogens (tertiary/aromatic N) is 1. The molecule has 2 aliphatic heterocycles. The van der Waals surface area contributed by atoms with Gasteiger partial charge in [0.05, 0.1) is 28.7 Å². The number of amides is 1. The standard InChI is InChI=1S/C26H20F3N3O5/c27-9-1-3-14-11(5-9)18-19-13(7-30-25(19)36)17-12-6-10(28)2-4-15(12)32(22(17)21(18)31-14)26-24(35)23(34)20(29)16(8-33)37-26/h1-6,16,20,23-24,26,31,33-35H,7-8H2,(H,30,36)/t16-,20-,23+,24-,26?/m1/s1. The number of alkyl halides is 1. The number of H-pyrrole nitrogens is 1. The molecule has 3 aromatic carbocycles. The Morgan fingerprint density at radius 2 is 1.76 bits per heavy atom. The molecule has 8 nitrogen and oxygen atoms in total.